The second-order valence-corrected chi connectivity index (χ2v) is 4.95. The Kier molecular flexibility index (Phi) is 6.56. The van der Waals surface area contributed by atoms with Crippen molar-refractivity contribution >= 4 is 0 Å². The first-order chi connectivity index (χ1) is 8.65. The molecule has 0 aromatic carbocycles. The Bertz CT molecular complexity index is 376. The second kappa shape index (κ2) is 7.97. The lowest BCUT2D eigenvalue weighted by molar-refractivity contribution is 0.285. The highest BCUT2D eigenvalue weighted by molar-refractivity contribution is 5.12. The number of nitrogens with zero attached hydrogens (tertiary/aromatic N) is 1. The van der Waals surface area contributed by atoms with Gasteiger partial charge in [0.1, 0.15) is 5.76 Å². The lowest BCUT2D eigenvalue weighted by Gasteiger charge is -2.14. The Morgan fingerprint density at radius 1 is 1.50 bits per heavy atom. The van der Waals surface area contributed by atoms with Gasteiger partial charge in [-0.15, -0.1) is 6.42 Å². The molecule has 0 saturated carbocycles. The molecule has 0 unspecified atom stereocenters. The summed E-state index contributed by atoms with van der Waals surface area (Å²) < 4.78 is 5.55. The lowest BCUT2D eigenvalue weighted by Crippen LogP contribution is -2.22. The molecule has 0 radical (unpaired) electrons. The minimum atomic E-state index is 0.665. The van der Waals surface area contributed by atoms with E-state index in [0.29, 0.717) is 12.5 Å². The number of hydrogen-bond acceptors (Lipinski definition) is 3. The summed E-state index contributed by atoms with van der Waals surface area (Å²) in [5.74, 6) is 4.31. The third-order valence-electron chi connectivity index (χ3n) is 2.73. The topological polar surface area (TPSA) is 28.4 Å². The van der Waals surface area contributed by atoms with Crippen LogP contribution in [0.1, 0.15) is 32.1 Å². The van der Waals surface area contributed by atoms with Gasteiger partial charge in [0, 0.05) is 12.1 Å². The normalized spacial score (nSPS) is 11.1. The third-order valence-corrected chi connectivity index (χ3v) is 2.73. The van der Waals surface area contributed by atoms with Crippen LogP contribution in [0.4, 0.5) is 0 Å². The van der Waals surface area contributed by atoms with Gasteiger partial charge in [-0.05, 0) is 25.1 Å². The van der Waals surface area contributed by atoms with E-state index >= 15 is 0 Å². The zero-order valence-electron chi connectivity index (χ0n) is 11.7. The summed E-state index contributed by atoms with van der Waals surface area (Å²) in [5.41, 5.74) is 1.20. The SMILES string of the molecule is C#CCN(CC)Cc1cc(CNCC(C)C)co1. The molecule has 0 fully saturated rings. The maximum Gasteiger partial charge on any atom is 0.118 e. The Hall–Kier alpha value is -1.24. The van der Waals surface area contributed by atoms with Crippen LogP contribution in [0.15, 0.2) is 16.7 Å². The molecule has 3 heteroatoms. The summed E-state index contributed by atoms with van der Waals surface area (Å²) in [7, 11) is 0. The standard InChI is InChI=1S/C15H24N2O/c1-5-7-17(6-2)11-15-8-14(12-18-15)10-16-9-13(3)4/h1,8,12-13,16H,6-7,9-11H2,2-4H3. The van der Waals surface area contributed by atoms with Crippen LogP contribution in [-0.4, -0.2) is 24.5 Å². The monoisotopic (exact) mass is 248 g/mol. The first kappa shape index (κ1) is 14.8. The molecule has 1 aromatic heterocycles. The van der Waals surface area contributed by atoms with Crippen molar-refractivity contribution < 1.29 is 4.42 Å². The van der Waals surface area contributed by atoms with Crippen molar-refractivity contribution in [2.75, 3.05) is 19.6 Å². The molecule has 0 amide bonds. The molecular formula is C15H24N2O. The summed E-state index contributed by atoms with van der Waals surface area (Å²) >= 11 is 0. The van der Waals surface area contributed by atoms with E-state index in [1.54, 1.807) is 0 Å². The van der Waals surface area contributed by atoms with Crippen LogP contribution in [0.5, 0.6) is 0 Å². The first-order valence-corrected chi connectivity index (χ1v) is 6.58. The third kappa shape index (κ3) is 5.39. The van der Waals surface area contributed by atoms with Gasteiger partial charge in [-0.1, -0.05) is 26.7 Å². The van der Waals surface area contributed by atoms with Crippen molar-refractivity contribution in [2.24, 2.45) is 5.92 Å². The van der Waals surface area contributed by atoms with Crippen LogP contribution in [0, 0.1) is 18.3 Å². The van der Waals surface area contributed by atoms with Gasteiger partial charge < -0.3 is 9.73 Å². The number of furan rings is 1. The minimum Gasteiger partial charge on any atom is -0.468 e. The number of terminal acetylenes is 1. The van der Waals surface area contributed by atoms with Crippen LogP contribution in [0.25, 0.3) is 0 Å². The van der Waals surface area contributed by atoms with Gasteiger partial charge >= 0.3 is 0 Å². The molecule has 0 atom stereocenters. The van der Waals surface area contributed by atoms with Gasteiger partial charge in [0.2, 0.25) is 0 Å². The van der Waals surface area contributed by atoms with E-state index in [1.165, 1.54) is 5.56 Å². The second-order valence-electron chi connectivity index (χ2n) is 4.95. The van der Waals surface area contributed by atoms with Crippen molar-refractivity contribution in [3.05, 3.63) is 23.7 Å². The van der Waals surface area contributed by atoms with Gasteiger partial charge in [0.25, 0.3) is 0 Å². The molecule has 1 aromatic rings. The predicted molar refractivity (Wildman–Crippen MR) is 75.0 cm³/mol. The molecular weight excluding hydrogens is 224 g/mol. The Balaban J connectivity index is 2.40. The highest BCUT2D eigenvalue weighted by atomic mass is 16.3. The molecule has 100 valence electrons. The van der Waals surface area contributed by atoms with Crippen LogP contribution in [0.2, 0.25) is 0 Å². The summed E-state index contributed by atoms with van der Waals surface area (Å²) in [6.07, 6.45) is 7.15. The van der Waals surface area contributed by atoms with Gasteiger partial charge in [-0.2, -0.15) is 0 Å². The summed E-state index contributed by atoms with van der Waals surface area (Å²) in [4.78, 5) is 2.17. The highest BCUT2D eigenvalue weighted by Crippen LogP contribution is 2.10. The van der Waals surface area contributed by atoms with E-state index in [-0.39, 0.29) is 0 Å². The van der Waals surface area contributed by atoms with Gasteiger partial charge in [-0.25, -0.2) is 0 Å². The minimum absolute atomic E-state index is 0.665. The van der Waals surface area contributed by atoms with Crippen molar-refractivity contribution in [3.63, 3.8) is 0 Å². The van der Waals surface area contributed by atoms with Crippen molar-refractivity contribution in [3.8, 4) is 12.3 Å². The molecule has 1 heterocycles. The van der Waals surface area contributed by atoms with Crippen molar-refractivity contribution in [1.29, 1.82) is 0 Å². The molecule has 0 aliphatic carbocycles. The quantitative estimate of drug-likeness (QED) is 0.716. The zero-order chi connectivity index (χ0) is 13.4. The Morgan fingerprint density at radius 2 is 2.28 bits per heavy atom. The highest BCUT2D eigenvalue weighted by Gasteiger charge is 2.06. The molecule has 0 saturated heterocycles. The predicted octanol–water partition coefficient (Wildman–Crippen LogP) is 2.48. The van der Waals surface area contributed by atoms with Crippen LogP contribution in [-0.2, 0) is 13.1 Å². The van der Waals surface area contributed by atoms with E-state index in [4.69, 9.17) is 10.8 Å². The maximum atomic E-state index is 5.55. The fraction of sp³-hybridized carbons (Fsp3) is 0.600. The smallest absolute Gasteiger partial charge is 0.118 e. The van der Waals surface area contributed by atoms with E-state index in [2.05, 4.69) is 43.0 Å². The van der Waals surface area contributed by atoms with Gasteiger partial charge in [0.05, 0.1) is 19.4 Å². The van der Waals surface area contributed by atoms with E-state index in [1.807, 2.05) is 6.26 Å². The molecule has 1 rings (SSSR count). The zero-order valence-corrected chi connectivity index (χ0v) is 11.7. The maximum absolute atomic E-state index is 5.55. The molecule has 0 bridgehead atoms. The number of nitrogens with one attached hydrogen (secondary N) is 1. The number of hydrogen-bond donors (Lipinski definition) is 1. The summed E-state index contributed by atoms with van der Waals surface area (Å²) in [6, 6.07) is 2.10. The Morgan fingerprint density at radius 3 is 2.89 bits per heavy atom. The average molecular weight is 248 g/mol. The van der Waals surface area contributed by atoms with Crippen molar-refractivity contribution in [2.45, 2.75) is 33.9 Å². The number of rotatable bonds is 8. The largest absolute Gasteiger partial charge is 0.468 e. The van der Waals surface area contributed by atoms with Crippen molar-refractivity contribution in [1.82, 2.24) is 10.2 Å². The fourth-order valence-corrected chi connectivity index (χ4v) is 1.74. The fourth-order valence-electron chi connectivity index (χ4n) is 1.74. The van der Waals surface area contributed by atoms with Gasteiger partial charge in [0.15, 0.2) is 0 Å². The first-order valence-electron chi connectivity index (χ1n) is 6.58. The molecule has 0 aliphatic rings. The Labute approximate surface area is 111 Å². The summed E-state index contributed by atoms with van der Waals surface area (Å²) in [6.45, 7) is 10.8. The van der Waals surface area contributed by atoms with Crippen LogP contribution < -0.4 is 5.32 Å². The van der Waals surface area contributed by atoms with E-state index in [9.17, 15) is 0 Å². The molecule has 3 nitrogen and oxygen atoms in total. The average Bonchev–Trinajstić information content (AvgIpc) is 2.76. The molecule has 18 heavy (non-hydrogen) atoms. The summed E-state index contributed by atoms with van der Waals surface area (Å²) in [5, 5.41) is 3.40. The van der Waals surface area contributed by atoms with E-state index < -0.39 is 0 Å². The van der Waals surface area contributed by atoms with E-state index in [0.717, 1.165) is 31.9 Å². The lowest BCUT2D eigenvalue weighted by atomic mass is 10.2. The molecule has 0 aliphatic heterocycles. The van der Waals surface area contributed by atoms with Crippen LogP contribution >= 0.6 is 0 Å². The molecule has 1 N–H and O–H groups in total. The molecule has 0 spiro atoms. The van der Waals surface area contributed by atoms with Gasteiger partial charge in [-0.3, -0.25) is 4.90 Å². The van der Waals surface area contributed by atoms with Crippen LogP contribution in [0.3, 0.4) is 0 Å².